The van der Waals surface area contributed by atoms with Crippen LogP contribution >= 0.6 is 27.7 Å². The number of nitrogens with zero attached hydrogens (tertiary/aromatic N) is 1. The number of hydrogen-bond donors (Lipinski definition) is 0. The number of rotatable bonds is 9. The molecule has 0 radical (unpaired) electrons. The Morgan fingerprint density at radius 2 is 1.97 bits per heavy atom. The topological polar surface area (TPSA) is 57.1 Å². The summed E-state index contributed by atoms with van der Waals surface area (Å²) in [5.41, 5.74) is 3.11. The first kappa shape index (κ1) is 24.1. The van der Waals surface area contributed by atoms with Crippen molar-refractivity contribution in [3.05, 3.63) is 76.3 Å². The fourth-order valence-electron chi connectivity index (χ4n) is 2.98. The van der Waals surface area contributed by atoms with Crippen LogP contribution in [0, 0.1) is 6.92 Å². The van der Waals surface area contributed by atoms with Crippen LogP contribution in [0.3, 0.4) is 0 Å². The van der Waals surface area contributed by atoms with Gasteiger partial charge < -0.3 is 14.2 Å². The van der Waals surface area contributed by atoms with Gasteiger partial charge in [0.2, 0.25) is 0 Å². The number of carbonyl (C=O) groups excluding carboxylic acids is 1. The maximum atomic E-state index is 11.4. The standard InChI is InChI=1S/C25H26BrNO4S/c1-16-5-7-20(8-6-16)25-27-18(3)23(32-25)15-30-21-11-9-19(10-12-24(28)29-4)22(13-21)31-14-17(2)26/h5-13,18,23H,2,14-15H2,1,3-4H3/b12-10+. The Labute approximate surface area is 201 Å². The second-order valence-corrected chi connectivity index (χ2v) is 9.72. The molecule has 0 saturated heterocycles. The smallest absolute Gasteiger partial charge is 0.330 e. The molecule has 2 aromatic rings. The molecule has 0 spiro atoms. The van der Waals surface area contributed by atoms with E-state index in [0.29, 0.717) is 29.2 Å². The van der Waals surface area contributed by atoms with Crippen molar-refractivity contribution in [2.75, 3.05) is 20.3 Å². The highest BCUT2D eigenvalue weighted by molar-refractivity contribution is 9.11. The van der Waals surface area contributed by atoms with E-state index in [1.54, 1.807) is 17.8 Å². The quantitative estimate of drug-likeness (QED) is 0.312. The SMILES string of the molecule is C=C(Br)COc1cc(OCC2SC(c3ccc(C)cc3)=NC2C)ccc1/C=C/C(=O)OC. The van der Waals surface area contributed by atoms with Gasteiger partial charge in [-0.05, 0) is 32.1 Å². The van der Waals surface area contributed by atoms with Crippen molar-refractivity contribution in [3.63, 3.8) is 0 Å². The van der Waals surface area contributed by atoms with Gasteiger partial charge in [-0.2, -0.15) is 0 Å². The van der Waals surface area contributed by atoms with E-state index in [0.717, 1.165) is 16.2 Å². The summed E-state index contributed by atoms with van der Waals surface area (Å²) in [5, 5.41) is 1.27. The molecule has 2 aromatic carbocycles. The van der Waals surface area contributed by atoms with Gasteiger partial charge in [0.15, 0.2) is 0 Å². The summed E-state index contributed by atoms with van der Waals surface area (Å²) < 4.78 is 17.3. The second-order valence-electron chi connectivity index (χ2n) is 7.37. The van der Waals surface area contributed by atoms with Gasteiger partial charge in [-0.25, -0.2) is 4.79 Å². The summed E-state index contributed by atoms with van der Waals surface area (Å²) in [6, 6.07) is 14.1. The third-order valence-corrected chi connectivity index (χ3v) is 6.43. The van der Waals surface area contributed by atoms with Gasteiger partial charge in [-0.15, -0.1) is 0 Å². The van der Waals surface area contributed by atoms with Crippen LogP contribution in [0.15, 0.2) is 64.6 Å². The predicted molar refractivity (Wildman–Crippen MR) is 135 cm³/mol. The van der Waals surface area contributed by atoms with Gasteiger partial charge in [0.25, 0.3) is 0 Å². The summed E-state index contributed by atoms with van der Waals surface area (Å²) in [5.74, 6) is 0.844. The molecule has 5 nitrogen and oxygen atoms in total. The maximum Gasteiger partial charge on any atom is 0.330 e. The lowest BCUT2D eigenvalue weighted by molar-refractivity contribution is -0.134. The van der Waals surface area contributed by atoms with Crippen LogP contribution in [-0.2, 0) is 9.53 Å². The molecular formula is C25H26BrNO4S. The predicted octanol–water partition coefficient (Wildman–Crippen LogP) is 5.80. The number of methoxy groups -OCH3 is 1. The molecule has 32 heavy (non-hydrogen) atoms. The van der Waals surface area contributed by atoms with Gasteiger partial charge in [-0.3, -0.25) is 4.99 Å². The molecule has 0 aromatic heterocycles. The zero-order chi connectivity index (χ0) is 23.1. The number of esters is 1. The van der Waals surface area contributed by atoms with Crippen molar-refractivity contribution in [2.45, 2.75) is 25.1 Å². The van der Waals surface area contributed by atoms with Crippen LogP contribution in [0.5, 0.6) is 11.5 Å². The number of thioether (sulfide) groups is 1. The zero-order valence-electron chi connectivity index (χ0n) is 18.3. The molecule has 2 atom stereocenters. The molecular weight excluding hydrogens is 490 g/mol. The third kappa shape index (κ3) is 6.74. The molecule has 1 aliphatic heterocycles. The number of hydrogen-bond acceptors (Lipinski definition) is 6. The molecule has 3 rings (SSSR count). The van der Waals surface area contributed by atoms with E-state index < -0.39 is 5.97 Å². The average molecular weight is 516 g/mol. The molecule has 2 unspecified atom stereocenters. The Hall–Kier alpha value is -2.51. The fourth-order valence-corrected chi connectivity index (χ4v) is 4.27. The van der Waals surface area contributed by atoms with Crippen molar-refractivity contribution in [2.24, 2.45) is 4.99 Å². The number of aliphatic imine (C=N–C) groups is 1. The highest BCUT2D eigenvalue weighted by Crippen LogP contribution is 2.32. The Kier molecular flexibility index (Phi) is 8.59. The molecule has 0 aliphatic carbocycles. The molecule has 168 valence electrons. The van der Waals surface area contributed by atoms with Gasteiger partial charge in [0, 0.05) is 27.8 Å². The van der Waals surface area contributed by atoms with E-state index in [-0.39, 0.29) is 11.3 Å². The van der Waals surface area contributed by atoms with Crippen molar-refractivity contribution in [3.8, 4) is 11.5 Å². The Balaban J connectivity index is 1.67. The van der Waals surface area contributed by atoms with Crippen LogP contribution < -0.4 is 9.47 Å². The van der Waals surface area contributed by atoms with E-state index in [9.17, 15) is 4.79 Å². The molecule has 1 aliphatic rings. The lowest BCUT2D eigenvalue weighted by atomic mass is 10.1. The number of aryl methyl sites for hydroxylation is 1. The van der Waals surface area contributed by atoms with E-state index in [4.69, 9.17) is 14.5 Å². The number of carbonyl (C=O) groups is 1. The minimum atomic E-state index is -0.433. The highest BCUT2D eigenvalue weighted by Gasteiger charge is 2.28. The highest BCUT2D eigenvalue weighted by atomic mass is 79.9. The fraction of sp³-hybridized carbons (Fsp3) is 0.280. The van der Waals surface area contributed by atoms with Gasteiger partial charge in [0.05, 0.1) is 23.4 Å². The summed E-state index contributed by atoms with van der Waals surface area (Å²) in [4.78, 5) is 16.3. The minimum absolute atomic E-state index is 0.158. The molecule has 0 bridgehead atoms. The minimum Gasteiger partial charge on any atom is -0.492 e. The van der Waals surface area contributed by atoms with Crippen LogP contribution in [-0.4, -0.2) is 42.6 Å². The Morgan fingerprint density at radius 1 is 1.22 bits per heavy atom. The zero-order valence-corrected chi connectivity index (χ0v) is 20.7. The van der Waals surface area contributed by atoms with Crippen LogP contribution in [0.25, 0.3) is 6.08 Å². The first-order valence-corrected chi connectivity index (χ1v) is 11.8. The number of halogens is 1. The van der Waals surface area contributed by atoms with Crippen LogP contribution in [0.2, 0.25) is 0 Å². The largest absolute Gasteiger partial charge is 0.492 e. The first-order chi connectivity index (χ1) is 15.4. The maximum absolute atomic E-state index is 11.4. The first-order valence-electron chi connectivity index (χ1n) is 10.2. The summed E-state index contributed by atoms with van der Waals surface area (Å²) in [7, 11) is 1.34. The summed E-state index contributed by atoms with van der Waals surface area (Å²) in [6.07, 6.45) is 3.00. The summed E-state index contributed by atoms with van der Waals surface area (Å²) in [6.45, 7) is 8.80. The van der Waals surface area contributed by atoms with E-state index in [1.807, 2.05) is 18.2 Å². The lowest BCUT2D eigenvalue weighted by Crippen LogP contribution is -2.22. The normalized spacial score (nSPS) is 17.8. The van der Waals surface area contributed by atoms with E-state index in [1.165, 1.54) is 18.7 Å². The van der Waals surface area contributed by atoms with Crippen LogP contribution in [0.1, 0.15) is 23.6 Å². The molecule has 0 amide bonds. The number of benzene rings is 2. The van der Waals surface area contributed by atoms with Crippen molar-refractivity contribution in [1.82, 2.24) is 0 Å². The van der Waals surface area contributed by atoms with Crippen molar-refractivity contribution < 1.29 is 19.0 Å². The Morgan fingerprint density at radius 3 is 2.66 bits per heavy atom. The van der Waals surface area contributed by atoms with Crippen LogP contribution in [0.4, 0.5) is 0 Å². The lowest BCUT2D eigenvalue weighted by Gasteiger charge is -2.16. The van der Waals surface area contributed by atoms with E-state index in [2.05, 4.69) is 65.4 Å². The summed E-state index contributed by atoms with van der Waals surface area (Å²) >= 11 is 5.05. The Bertz CT molecular complexity index is 1030. The molecule has 0 N–H and O–H groups in total. The van der Waals surface area contributed by atoms with Gasteiger partial charge >= 0.3 is 5.97 Å². The van der Waals surface area contributed by atoms with Crippen molar-refractivity contribution in [1.29, 1.82) is 0 Å². The third-order valence-electron chi connectivity index (χ3n) is 4.80. The van der Waals surface area contributed by atoms with E-state index >= 15 is 0 Å². The molecule has 7 heteroatoms. The molecule has 0 saturated carbocycles. The molecule has 0 fully saturated rings. The number of ether oxygens (including phenoxy) is 3. The molecule has 1 heterocycles. The van der Waals surface area contributed by atoms with Gasteiger partial charge in [-0.1, -0.05) is 64.1 Å². The average Bonchev–Trinajstić information content (AvgIpc) is 3.15. The van der Waals surface area contributed by atoms with Gasteiger partial charge in [0.1, 0.15) is 24.7 Å². The van der Waals surface area contributed by atoms with Crippen molar-refractivity contribution >= 4 is 44.8 Å². The second kappa shape index (κ2) is 11.4. The monoisotopic (exact) mass is 515 g/mol.